The van der Waals surface area contributed by atoms with Crippen molar-refractivity contribution in [2.75, 3.05) is 0 Å². The van der Waals surface area contributed by atoms with Crippen LogP contribution >= 0.6 is 0 Å². The molecule has 0 unspecified atom stereocenters. The maximum Gasteiger partial charge on any atom is 4.00 e. The molecule has 4 heteroatoms. The third-order valence-corrected chi connectivity index (χ3v) is 0. The maximum absolute atomic E-state index is 0. The van der Waals surface area contributed by atoms with E-state index in [0.717, 1.165) is 0 Å². The molecule has 0 aromatic heterocycles. The molecule has 0 atom stereocenters. The molecular weight excluding hydrogens is 360 g/mol. The first-order chi connectivity index (χ1) is 0. The molecule has 0 aliphatic carbocycles. The van der Waals surface area contributed by atoms with Crippen molar-refractivity contribution in [3.63, 3.8) is 0 Å². The van der Waals surface area contributed by atoms with Gasteiger partial charge in [0.1, 0.15) is 0 Å². The van der Waals surface area contributed by atoms with Crippen LogP contribution in [0, 0.1) is 0 Å². The van der Waals surface area contributed by atoms with Crippen LogP contribution in [0.3, 0.4) is 0 Å². The third kappa shape index (κ3) is 8.90. The summed E-state index contributed by atoms with van der Waals surface area (Å²) in [7, 11) is 0. The fraction of sp³-hybridized carbons (Fsp3) is 0. The normalized spacial score (nSPS) is 0. The van der Waals surface area contributed by atoms with Crippen molar-refractivity contribution in [1.82, 2.24) is 0 Å². The Labute approximate surface area is 96.5 Å². The van der Waals surface area contributed by atoms with Crippen LogP contribution in [0.4, 0.5) is 0 Å². The van der Waals surface area contributed by atoms with Gasteiger partial charge in [-0.1, -0.05) is 0 Å². The molecule has 0 aliphatic heterocycles. The SMILES string of the molecule is [Bi+3].[O-2].[Sr+2].[Ti+4]. The van der Waals surface area contributed by atoms with Crippen LogP contribution < -0.4 is 0 Å². The molecule has 4 heavy (non-hydrogen) atoms. The first kappa shape index (κ1) is 27.8. The Hall–Kier alpha value is 3.04. The Bertz CT molecular complexity index is 8.00. The molecule has 0 aromatic rings. The summed E-state index contributed by atoms with van der Waals surface area (Å²) in [4.78, 5) is 0. The van der Waals surface area contributed by atoms with Gasteiger partial charge in [-0.25, -0.2) is 0 Å². The molecule has 0 bridgehead atoms. The molecule has 0 spiro atoms. The fourth-order valence-corrected chi connectivity index (χ4v) is 0. The first-order valence-corrected chi connectivity index (χ1v) is 0. The van der Waals surface area contributed by atoms with E-state index >= 15 is 0 Å². The maximum atomic E-state index is 0. The van der Waals surface area contributed by atoms with Crippen LogP contribution in [0.2, 0.25) is 0 Å². The van der Waals surface area contributed by atoms with Crippen LogP contribution in [0.15, 0.2) is 0 Å². The minimum absolute atomic E-state index is 0. The van der Waals surface area contributed by atoms with Crippen molar-refractivity contribution < 1.29 is 27.2 Å². The van der Waals surface area contributed by atoms with E-state index in [1.54, 1.807) is 0 Å². The Morgan fingerprint density at radius 2 is 1.00 bits per heavy atom. The van der Waals surface area contributed by atoms with Gasteiger partial charge in [-0.2, -0.15) is 0 Å². The Morgan fingerprint density at radius 1 is 1.00 bits per heavy atom. The van der Waals surface area contributed by atoms with Gasteiger partial charge >= 0.3 is 93.4 Å². The summed E-state index contributed by atoms with van der Waals surface area (Å²) in [5.74, 6) is 0. The number of rotatable bonds is 0. The van der Waals surface area contributed by atoms with E-state index in [1.165, 1.54) is 0 Å². The average Bonchev–Trinajstić information content (AvgIpc) is 0. The largest absolute Gasteiger partial charge is 4.00 e. The Kier molecular flexibility index (Phi) is 115. The second-order valence-corrected chi connectivity index (χ2v) is 0. The second kappa shape index (κ2) is 16.6. The van der Waals surface area contributed by atoms with E-state index in [4.69, 9.17) is 0 Å². The van der Waals surface area contributed by atoms with Gasteiger partial charge in [0, 0.05) is 0 Å². The Balaban J connectivity index is 0. The molecule has 0 rings (SSSR count). The molecule has 2 radical (unpaired) electrons. The van der Waals surface area contributed by atoms with Gasteiger partial charge in [-0.05, 0) is 0 Å². The van der Waals surface area contributed by atoms with Crippen molar-refractivity contribution in [3.8, 4) is 0 Å². The van der Waals surface area contributed by atoms with E-state index in [-0.39, 0.29) is 98.9 Å². The number of hydrogen-bond acceptors (Lipinski definition) is 0. The standard InChI is InChI=1S/Bi.O.Sr.Ti/q+3;-2;+2;+4. The molecule has 1 nitrogen and oxygen atoms in total. The van der Waals surface area contributed by atoms with Crippen LogP contribution in [0.25, 0.3) is 0 Å². The Morgan fingerprint density at radius 3 is 1.00 bits per heavy atom. The molecule has 0 fully saturated rings. The molecule has 0 N–H and O–H groups in total. The van der Waals surface area contributed by atoms with Gasteiger partial charge in [0.15, 0.2) is 0 Å². The molecule has 10 valence electrons. The summed E-state index contributed by atoms with van der Waals surface area (Å²) < 4.78 is 0. The van der Waals surface area contributed by atoms with Gasteiger partial charge in [0.2, 0.25) is 0 Å². The smallest absolute Gasteiger partial charge is 2.00 e. The molecule has 0 aliphatic rings. The zero-order valence-electron chi connectivity index (χ0n) is 2.06. The minimum Gasteiger partial charge on any atom is -2.00 e. The summed E-state index contributed by atoms with van der Waals surface area (Å²) in [6.07, 6.45) is 0. The van der Waals surface area contributed by atoms with Gasteiger partial charge in [0.25, 0.3) is 0 Å². The van der Waals surface area contributed by atoms with Crippen molar-refractivity contribution in [3.05, 3.63) is 0 Å². The van der Waals surface area contributed by atoms with Gasteiger partial charge in [0.05, 0.1) is 0 Å². The van der Waals surface area contributed by atoms with E-state index in [1.807, 2.05) is 0 Å². The molecule has 0 heterocycles. The molecule has 0 saturated heterocycles. The second-order valence-electron chi connectivity index (χ2n) is 0. The number of hydrogen-bond donors (Lipinski definition) is 0. The van der Waals surface area contributed by atoms with Crippen LogP contribution in [-0.2, 0) is 27.2 Å². The van der Waals surface area contributed by atoms with E-state index in [2.05, 4.69) is 0 Å². The van der Waals surface area contributed by atoms with Crippen LogP contribution in [0.5, 0.6) is 0 Å². The molecule has 0 aromatic carbocycles. The van der Waals surface area contributed by atoms with Gasteiger partial charge in [-0.3, -0.25) is 0 Å². The fourth-order valence-electron chi connectivity index (χ4n) is 0. The summed E-state index contributed by atoms with van der Waals surface area (Å²) in [6.45, 7) is 0. The minimum atomic E-state index is 0. The summed E-state index contributed by atoms with van der Waals surface area (Å²) in [5.41, 5.74) is 0. The zero-order valence-corrected chi connectivity index (χ0v) is 10.6. The van der Waals surface area contributed by atoms with Crippen molar-refractivity contribution in [1.29, 1.82) is 0 Å². The van der Waals surface area contributed by atoms with Gasteiger partial charge in [-0.15, -0.1) is 0 Å². The van der Waals surface area contributed by atoms with Crippen molar-refractivity contribution >= 4 is 71.7 Å². The van der Waals surface area contributed by atoms with Crippen LogP contribution in [-0.4, -0.2) is 71.7 Å². The van der Waals surface area contributed by atoms with Crippen molar-refractivity contribution in [2.24, 2.45) is 0 Å². The first-order valence-electron chi connectivity index (χ1n) is 0. The van der Waals surface area contributed by atoms with Gasteiger partial charge < -0.3 is 5.48 Å². The van der Waals surface area contributed by atoms with E-state index < -0.39 is 0 Å². The zero-order chi connectivity index (χ0) is 0. The van der Waals surface area contributed by atoms with E-state index in [9.17, 15) is 0 Å². The molecular formula is BiOSrTi+7. The summed E-state index contributed by atoms with van der Waals surface area (Å²) in [6, 6.07) is 0. The topological polar surface area (TPSA) is 28.5 Å². The molecule has 0 saturated carbocycles. The predicted molar refractivity (Wildman–Crippen MR) is 12.2 cm³/mol. The summed E-state index contributed by atoms with van der Waals surface area (Å²) >= 11 is 0. The van der Waals surface area contributed by atoms with E-state index in [0.29, 0.717) is 0 Å². The van der Waals surface area contributed by atoms with Crippen LogP contribution in [0.1, 0.15) is 0 Å². The predicted octanol–water partition coefficient (Wildman–Crippen LogP) is -0.883. The average molecular weight is 360 g/mol. The molecule has 0 amide bonds. The third-order valence-electron chi connectivity index (χ3n) is 0. The monoisotopic (exact) mass is 361 g/mol. The quantitative estimate of drug-likeness (QED) is 0.502. The van der Waals surface area contributed by atoms with Crippen molar-refractivity contribution in [2.45, 2.75) is 0 Å². The summed E-state index contributed by atoms with van der Waals surface area (Å²) in [5, 5.41) is 0.